The van der Waals surface area contributed by atoms with Gasteiger partial charge in [0.05, 0.1) is 17.0 Å². The lowest BCUT2D eigenvalue weighted by Crippen LogP contribution is -2.58. The Bertz CT molecular complexity index is 819. The molecular weight excluding hydrogens is 435 g/mol. The van der Waals surface area contributed by atoms with Gasteiger partial charge >= 0.3 is 6.09 Å². The van der Waals surface area contributed by atoms with Gasteiger partial charge in [-0.3, -0.25) is 4.79 Å². The first-order chi connectivity index (χ1) is 12.6. The number of amides is 2. The molecule has 8 heteroatoms. The summed E-state index contributed by atoms with van der Waals surface area (Å²) in [6.45, 7) is 5.67. The van der Waals surface area contributed by atoms with E-state index in [-0.39, 0.29) is 18.1 Å². The van der Waals surface area contributed by atoms with Crippen molar-refractivity contribution in [3.05, 3.63) is 56.4 Å². The van der Waals surface area contributed by atoms with Crippen LogP contribution in [0.15, 0.2) is 40.2 Å². The van der Waals surface area contributed by atoms with Crippen molar-refractivity contribution in [1.29, 1.82) is 0 Å². The minimum Gasteiger partial charge on any atom is -0.465 e. The summed E-state index contributed by atoms with van der Waals surface area (Å²) in [6, 6.07) is 6.65. The van der Waals surface area contributed by atoms with E-state index < -0.39 is 23.6 Å². The van der Waals surface area contributed by atoms with Crippen molar-refractivity contribution in [1.82, 2.24) is 10.6 Å². The molecule has 2 amide bonds. The number of hydrogen-bond donors (Lipinski definition) is 3. The van der Waals surface area contributed by atoms with Crippen LogP contribution in [-0.4, -0.2) is 29.2 Å². The molecule has 2 atom stereocenters. The van der Waals surface area contributed by atoms with Gasteiger partial charge in [0.25, 0.3) is 5.91 Å². The van der Waals surface area contributed by atoms with Gasteiger partial charge < -0.3 is 15.7 Å². The minimum absolute atomic E-state index is 0.290. The normalized spacial score (nSPS) is 13.7. The molecule has 3 N–H and O–H groups in total. The van der Waals surface area contributed by atoms with Gasteiger partial charge in [0, 0.05) is 9.85 Å². The van der Waals surface area contributed by atoms with Gasteiger partial charge in [-0.15, -0.1) is 11.3 Å². The van der Waals surface area contributed by atoms with Crippen LogP contribution in [0.25, 0.3) is 0 Å². The summed E-state index contributed by atoms with van der Waals surface area (Å²) in [5.41, 5.74) is 0.203. The molecule has 1 aromatic carbocycles. The van der Waals surface area contributed by atoms with E-state index in [1.165, 1.54) is 23.5 Å². The number of benzene rings is 1. The van der Waals surface area contributed by atoms with E-state index in [2.05, 4.69) is 26.6 Å². The summed E-state index contributed by atoms with van der Waals surface area (Å²) >= 11 is 4.61. The van der Waals surface area contributed by atoms with Crippen LogP contribution in [0.3, 0.4) is 0 Å². The first kappa shape index (κ1) is 21.4. The summed E-state index contributed by atoms with van der Waals surface area (Å²) in [6.07, 6.45) is -0.884. The maximum absolute atomic E-state index is 13.6. The van der Waals surface area contributed by atoms with Gasteiger partial charge in [-0.1, -0.05) is 32.9 Å². The van der Waals surface area contributed by atoms with Gasteiger partial charge in [-0.05, 0) is 51.5 Å². The second-order valence-electron chi connectivity index (χ2n) is 7.34. The second kappa shape index (κ2) is 8.84. The Hall–Kier alpha value is -1.93. The zero-order valence-corrected chi connectivity index (χ0v) is 17.7. The predicted molar refractivity (Wildman–Crippen MR) is 108 cm³/mol. The third kappa shape index (κ3) is 6.32. The smallest absolute Gasteiger partial charge is 0.404 e. The highest BCUT2D eigenvalue weighted by molar-refractivity contribution is 9.10. The Labute approximate surface area is 170 Å². The number of nitrogens with one attached hydrogen (secondary N) is 2. The van der Waals surface area contributed by atoms with Crippen LogP contribution in [0.1, 0.15) is 36.0 Å². The molecule has 0 radical (unpaired) electrons. The Morgan fingerprint density at radius 3 is 2.48 bits per heavy atom. The van der Waals surface area contributed by atoms with Gasteiger partial charge in [-0.25, -0.2) is 9.18 Å². The van der Waals surface area contributed by atoms with Gasteiger partial charge in [0.1, 0.15) is 5.82 Å². The number of carbonyl (C=O) groups is 2. The lowest BCUT2D eigenvalue weighted by Gasteiger charge is -2.37. The van der Waals surface area contributed by atoms with E-state index in [9.17, 15) is 19.1 Å². The SMILES string of the molecule is CC(C)(C)C(NC(=O)O)[C@H](Cc1cccc(F)c1)NC(=O)c1cc(Br)cs1. The molecule has 27 heavy (non-hydrogen) atoms. The summed E-state index contributed by atoms with van der Waals surface area (Å²) in [4.78, 5) is 24.5. The first-order valence-corrected chi connectivity index (χ1v) is 10.0. The molecular formula is C19H22BrFN2O3S. The van der Waals surface area contributed by atoms with Crippen LogP contribution >= 0.6 is 27.3 Å². The van der Waals surface area contributed by atoms with Crippen LogP contribution in [0.4, 0.5) is 9.18 Å². The minimum atomic E-state index is -1.17. The predicted octanol–water partition coefficient (Wildman–Crippen LogP) is 4.67. The standard InChI is InChI=1S/C19H22BrFN2O3S/c1-19(2,3)16(23-18(25)26)14(8-11-5-4-6-13(21)7-11)22-17(24)15-9-12(20)10-27-15/h4-7,9-10,14,16,23H,8H2,1-3H3,(H,22,24)(H,25,26)/t14-,16?/m0/s1. The molecule has 0 aliphatic carbocycles. The zero-order chi connectivity index (χ0) is 20.2. The van der Waals surface area contributed by atoms with Crippen molar-refractivity contribution in [3.63, 3.8) is 0 Å². The average Bonchev–Trinajstić information content (AvgIpc) is 2.97. The highest BCUT2D eigenvalue weighted by atomic mass is 79.9. The lowest BCUT2D eigenvalue weighted by molar-refractivity contribution is 0.0904. The van der Waals surface area contributed by atoms with E-state index in [0.29, 0.717) is 10.4 Å². The van der Waals surface area contributed by atoms with E-state index >= 15 is 0 Å². The molecule has 0 saturated heterocycles. The molecule has 146 valence electrons. The number of carboxylic acid groups (broad SMARTS) is 1. The van der Waals surface area contributed by atoms with Crippen molar-refractivity contribution in [2.24, 2.45) is 5.41 Å². The van der Waals surface area contributed by atoms with Crippen molar-refractivity contribution in [3.8, 4) is 0 Å². The fourth-order valence-corrected chi connectivity index (χ4v) is 4.22. The van der Waals surface area contributed by atoms with Crippen LogP contribution < -0.4 is 10.6 Å². The number of hydrogen-bond acceptors (Lipinski definition) is 3. The lowest BCUT2D eigenvalue weighted by atomic mass is 9.80. The molecule has 1 aromatic heterocycles. The van der Waals surface area contributed by atoms with Crippen LogP contribution in [-0.2, 0) is 6.42 Å². The largest absolute Gasteiger partial charge is 0.465 e. The average molecular weight is 457 g/mol. The molecule has 0 spiro atoms. The summed E-state index contributed by atoms with van der Waals surface area (Å²) < 4.78 is 14.4. The van der Waals surface area contributed by atoms with Crippen molar-refractivity contribution >= 4 is 39.3 Å². The highest BCUT2D eigenvalue weighted by Gasteiger charge is 2.35. The third-order valence-electron chi connectivity index (χ3n) is 4.07. The molecule has 0 aliphatic heterocycles. The van der Waals surface area contributed by atoms with E-state index in [0.717, 1.165) is 4.47 Å². The van der Waals surface area contributed by atoms with E-state index in [1.807, 2.05) is 20.8 Å². The van der Waals surface area contributed by atoms with Crippen molar-refractivity contribution in [2.75, 3.05) is 0 Å². The highest BCUT2D eigenvalue weighted by Crippen LogP contribution is 2.25. The van der Waals surface area contributed by atoms with Gasteiger partial charge in [0.2, 0.25) is 0 Å². The fraction of sp³-hybridized carbons (Fsp3) is 0.368. The molecule has 2 aromatic rings. The van der Waals surface area contributed by atoms with Crippen molar-refractivity contribution < 1.29 is 19.1 Å². The van der Waals surface area contributed by atoms with Crippen LogP contribution in [0.2, 0.25) is 0 Å². The maximum atomic E-state index is 13.6. The molecule has 5 nitrogen and oxygen atoms in total. The molecule has 0 aliphatic rings. The molecule has 0 bridgehead atoms. The first-order valence-electron chi connectivity index (χ1n) is 8.35. The summed E-state index contributed by atoms with van der Waals surface area (Å²) in [7, 11) is 0. The Kier molecular flexibility index (Phi) is 7.00. The molecule has 1 heterocycles. The fourth-order valence-electron chi connectivity index (χ4n) is 2.90. The van der Waals surface area contributed by atoms with Crippen molar-refractivity contribution in [2.45, 2.75) is 39.3 Å². The van der Waals surface area contributed by atoms with E-state index in [4.69, 9.17) is 0 Å². The summed E-state index contributed by atoms with van der Waals surface area (Å²) in [5.74, 6) is -0.674. The number of thiophene rings is 1. The number of carbonyl (C=O) groups excluding carboxylic acids is 1. The third-order valence-corrected chi connectivity index (χ3v) is 5.76. The number of halogens is 2. The van der Waals surface area contributed by atoms with Crippen LogP contribution in [0, 0.1) is 11.2 Å². The maximum Gasteiger partial charge on any atom is 0.404 e. The Morgan fingerprint density at radius 1 is 1.26 bits per heavy atom. The molecule has 0 fully saturated rings. The van der Waals surface area contributed by atoms with Gasteiger partial charge in [-0.2, -0.15) is 0 Å². The second-order valence-corrected chi connectivity index (χ2v) is 9.16. The molecule has 0 saturated carbocycles. The molecule has 2 rings (SSSR count). The number of rotatable bonds is 6. The topological polar surface area (TPSA) is 78.4 Å². The van der Waals surface area contributed by atoms with Crippen LogP contribution in [0.5, 0.6) is 0 Å². The van der Waals surface area contributed by atoms with Gasteiger partial charge in [0.15, 0.2) is 0 Å². The van der Waals surface area contributed by atoms with E-state index in [1.54, 1.807) is 23.6 Å². The Balaban J connectivity index is 2.33. The summed E-state index contributed by atoms with van der Waals surface area (Å²) in [5, 5.41) is 16.5. The quantitative estimate of drug-likeness (QED) is 0.590. The molecule has 1 unspecified atom stereocenters. The Morgan fingerprint density at radius 2 is 1.96 bits per heavy atom. The monoisotopic (exact) mass is 456 g/mol. The zero-order valence-electron chi connectivity index (χ0n) is 15.3.